The number of anilines is 3. The largest absolute Gasteiger partial charge is 0.393 e. The third-order valence-corrected chi connectivity index (χ3v) is 2.71. The maximum absolute atomic E-state index is 5.84. The summed E-state index contributed by atoms with van der Waals surface area (Å²) in [5.74, 6) is 0.485. The molecular weight excluding hydrogens is 252 g/mol. The molecule has 0 radical (unpaired) electrons. The molecule has 0 atom stereocenters. The van der Waals surface area contributed by atoms with E-state index in [-0.39, 0.29) is 5.15 Å². The number of aromatic nitrogens is 2. The molecule has 0 fully saturated rings. The third kappa shape index (κ3) is 2.69. The van der Waals surface area contributed by atoms with Crippen LogP contribution >= 0.6 is 11.6 Å². The van der Waals surface area contributed by atoms with Crippen LogP contribution < -0.4 is 11.1 Å². The van der Waals surface area contributed by atoms with E-state index in [1.54, 1.807) is 7.11 Å². The SMILES string of the molecule is COCc1ccccc1Nc1ncnc(Cl)c1N. The third-order valence-electron chi connectivity index (χ3n) is 2.41. The molecule has 0 bridgehead atoms. The monoisotopic (exact) mass is 264 g/mol. The Morgan fingerprint density at radius 2 is 2.11 bits per heavy atom. The van der Waals surface area contributed by atoms with E-state index in [4.69, 9.17) is 22.1 Å². The quantitative estimate of drug-likeness (QED) is 0.831. The number of nitrogens with one attached hydrogen (secondary N) is 1. The Kier molecular flexibility index (Phi) is 3.96. The first kappa shape index (κ1) is 12.6. The lowest BCUT2D eigenvalue weighted by Gasteiger charge is -2.12. The van der Waals surface area contributed by atoms with E-state index >= 15 is 0 Å². The van der Waals surface area contributed by atoms with Crippen LogP contribution in [0.4, 0.5) is 17.2 Å². The standard InChI is InChI=1S/C12H13ClN4O/c1-18-6-8-4-2-3-5-9(8)17-12-10(14)11(13)15-7-16-12/h2-5,7H,6,14H2,1H3,(H,15,16,17). The van der Waals surface area contributed by atoms with Crippen molar-refractivity contribution < 1.29 is 4.74 Å². The number of methoxy groups -OCH3 is 1. The van der Waals surface area contributed by atoms with E-state index in [9.17, 15) is 0 Å². The lowest BCUT2D eigenvalue weighted by molar-refractivity contribution is 0.185. The summed E-state index contributed by atoms with van der Waals surface area (Å²) in [6.45, 7) is 0.502. The van der Waals surface area contributed by atoms with Crippen molar-refractivity contribution in [2.24, 2.45) is 0 Å². The number of nitrogen functional groups attached to an aromatic ring is 1. The predicted molar refractivity (Wildman–Crippen MR) is 71.9 cm³/mol. The number of halogens is 1. The number of rotatable bonds is 4. The zero-order valence-corrected chi connectivity index (χ0v) is 10.6. The Hall–Kier alpha value is -1.85. The molecule has 1 heterocycles. The minimum Gasteiger partial charge on any atom is -0.393 e. The highest BCUT2D eigenvalue weighted by Crippen LogP contribution is 2.27. The molecule has 2 rings (SSSR count). The van der Waals surface area contributed by atoms with E-state index in [0.717, 1.165) is 11.3 Å². The van der Waals surface area contributed by atoms with Gasteiger partial charge < -0.3 is 15.8 Å². The van der Waals surface area contributed by atoms with Crippen molar-refractivity contribution in [1.82, 2.24) is 9.97 Å². The molecule has 18 heavy (non-hydrogen) atoms. The van der Waals surface area contributed by atoms with Gasteiger partial charge in [-0.2, -0.15) is 0 Å². The van der Waals surface area contributed by atoms with Crippen LogP contribution in [0.2, 0.25) is 5.15 Å². The second-order valence-electron chi connectivity index (χ2n) is 3.64. The molecule has 0 saturated heterocycles. The smallest absolute Gasteiger partial charge is 0.158 e. The highest BCUT2D eigenvalue weighted by Gasteiger charge is 2.08. The van der Waals surface area contributed by atoms with Crippen molar-refractivity contribution in [3.63, 3.8) is 0 Å². The van der Waals surface area contributed by atoms with E-state index in [1.165, 1.54) is 6.33 Å². The summed E-state index contributed by atoms with van der Waals surface area (Å²) in [6.07, 6.45) is 1.36. The lowest BCUT2D eigenvalue weighted by atomic mass is 10.2. The van der Waals surface area contributed by atoms with Crippen LogP contribution in [0, 0.1) is 0 Å². The fraction of sp³-hybridized carbons (Fsp3) is 0.167. The second-order valence-corrected chi connectivity index (χ2v) is 4.00. The topological polar surface area (TPSA) is 73.1 Å². The molecule has 0 saturated carbocycles. The molecular formula is C12H13ClN4O. The molecule has 0 aliphatic heterocycles. The van der Waals surface area contributed by atoms with Crippen LogP contribution in [-0.4, -0.2) is 17.1 Å². The van der Waals surface area contributed by atoms with Crippen molar-refractivity contribution in [2.75, 3.05) is 18.2 Å². The lowest BCUT2D eigenvalue weighted by Crippen LogP contribution is -2.03. The van der Waals surface area contributed by atoms with E-state index in [0.29, 0.717) is 18.1 Å². The summed E-state index contributed by atoms with van der Waals surface area (Å²) >= 11 is 5.84. The second kappa shape index (κ2) is 5.66. The van der Waals surface area contributed by atoms with Gasteiger partial charge >= 0.3 is 0 Å². The first-order chi connectivity index (χ1) is 8.72. The molecule has 0 amide bonds. The maximum atomic E-state index is 5.84. The Morgan fingerprint density at radius 1 is 1.33 bits per heavy atom. The van der Waals surface area contributed by atoms with E-state index in [2.05, 4.69) is 15.3 Å². The van der Waals surface area contributed by atoms with Gasteiger partial charge in [-0.25, -0.2) is 9.97 Å². The number of para-hydroxylation sites is 1. The van der Waals surface area contributed by atoms with Gasteiger partial charge in [-0.3, -0.25) is 0 Å². The van der Waals surface area contributed by atoms with Crippen LogP contribution in [0.3, 0.4) is 0 Å². The van der Waals surface area contributed by atoms with Gasteiger partial charge in [0.05, 0.1) is 6.61 Å². The highest BCUT2D eigenvalue weighted by atomic mass is 35.5. The van der Waals surface area contributed by atoms with Crippen LogP contribution in [-0.2, 0) is 11.3 Å². The number of ether oxygens (including phenoxy) is 1. The Morgan fingerprint density at radius 3 is 2.89 bits per heavy atom. The molecule has 6 heteroatoms. The summed E-state index contributed by atoms with van der Waals surface area (Å²) in [5.41, 5.74) is 8.01. The molecule has 0 aliphatic rings. The zero-order chi connectivity index (χ0) is 13.0. The number of hydrogen-bond acceptors (Lipinski definition) is 5. The summed E-state index contributed by atoms with van der Waals surface area (Å²) in [4.78, 5) is 7.87. The van der Waals surface area contributed by atoms with Crippen LogP contribution in [0.15, 0.2) is 30.6 Å². The van der Waals surface area contributed by atoms with Gasteiger partial charge in [0.1, 0.15) is 12.0 Å². The number of benzene rings is 1. The number of nitrogens with two attached hydrogens (primary N) is 1. The van der Waals surface area contributed by atoms with Gasteiger partial charge in [0, 0.05) is 18.4 Å². The molecule has 0 unspecified atom stereocenters. The molecule has 94 valence electrons. The molecule has 1 aromatic carbocycles. The minimum absolute atomic E-state index is 0.233. The van der Waals surface area contributed by atoms with Gasteiger partial charge in [-0.15, -0.1) is 0 Å². The molecule has 3 N–H and O–H groups in total. The predicted octanol–water partition coefficient (Wildman–Crippen LogP) is 2.60. The minimum atomic E-state index is 0.233. The number of nitrogens with zero attached hydrogens (tertiary/aromatic N) is 2. The van der Waals surface area contributed by atoms with E-state index < -0.39 is 0 Å². The van der Waals surface area contributed by atoms with Crippen molar-refractivity contribution in [1.29, 1.82) is 0 Å². The maximum Gasteiger partial charge on any atom is 0.158 e. The summed E-state index contributed by atoms with van der Waals surface area (Å²) in [6, 6.07) is 7.74. The molecule has 1 aromatic heterocycles. The van der Waals surface area contributed by atoms with Crippen molar-refractivity contribution in [2.45, 2.75) is 6.61 Å². The van der Waals surface area contributed by atoms with Gasteiger partial charge in [0.2, 0.25) is 0 Å². The Labute approximate surface area is 110 Å². The first-order valence-corrected chi connectivity index (χ1v) is 5.70. The molecule has 5 nitrogen and oxygen atoms in total. The Balaban J connectivity index is 2.31. The van der Waals surface area contributed by atoms with Crippen molar-refractivity contribution >= 4 is 28.8 Å². The summed E-state index contributed by atoms with van der Waals surface area (Å²) in [5, 5.41) is 3.36. The summed E-state index contributed by atoms with van der Waals surface area (Å²) < 4.78 is 5.13. The van der Waals surface area contributed by atoms with Crippen LogP contribution in [0.5, 0.6) is 0 Å². The first-order valence-electron chi connectivity index (χ1n) is 5.32. The van der Waals surface area contributed by atoms with Crippen LogP contribution in [0.1, 0.15) is 5.56 Å². The van der Waals surface area contributed by atoms with Gasteiger partial charge in [-0.05, 0) is 6.07 Å². The zero-order valence-electron chi connectivity index (χ0n) is 9.85. The average Bonchev–Trinajstić information content (AvgIpc) is 2.37. The highest BCUT2D eigenvalue weighted by molar-refractivity contribution is 6.32. The molecule has 2 aromatic rings. The Bertz CT molecular complexity index is 547. The van der Waals surface area contributed by atoms with Crippen LogP contribution in [0.25, 0.3) is 0 Å². The van der Waals surface area contributed by atoms with Gasteiger partial charge in [-0.1, -0.05) is 29.8 Å². The normalized spacial score (nSPS) is 10.3. The van der Waals surface area contributed by atoms with Gasteiger partial charge in [0.15, 0.2) is 11.0 Å². The van der Waals surface area contributed by atoms with Crippen molar-refractivity contribution in [3.05, 3.63) is 41.3 Å². The molecule has 0 aliphatic carbocycles. The average molecular weight is 265 g/mol. The number of hydrogen-bond donors (Lipinski definition) is 2. The van der Waals surface area contributed by atoms with E-state index in [1.807, 2.05) is 24.3 Å². The summed E-state index contributed by atoms with van der Waals surface area (Å²) in [7, 11) is 1.65. The fourth-order valence-corrected chi connectivity index (χ4v) is 1.66. The fourth-order valence-electron chi connectivity index (χ4n) is 1.52. The van der Waals surface area contributed by atoms with Gasteiger partial charge in [0.25, 0.3) is 0 Å². The molecule has 0 spiro atoms. The van der Waals surface area contributed by atoms with Crippen molar-refractivity contribution in [3.8, 4) is 0 Å².